The van der Waals surface area contributed by atoms with Crippen LogP contribution in [0.2, 0.25) is 5.02 Å². The van der Waals surface area contributed by atoms with E-state index in [9.17, 15) is 0 Å². The zero-order chi connectivity index (χ0) is 19.8. The maximum Gasteiger partial charge on any atom is 0.187 e. The lowest BCUT2D eigenvalue weighted by atomic mass is 9.85. The highest BCUT2D eigenvalue weighted by molar-refractivity contribution is 7.15. The molecule has 0 saturated heterocycles. The molecule has 0 fully saturated rings. The van der Waals surface area contributed by atoms with Crippen LogP contribution < -0.4 is 5.32 Å². The van der Waals surface area contributed by atoms with Crippen molar-refractivity contribution in [1.29, 1.82) is 0 Å². The largest absolute Gasteiger partial charge is 0.344 e. The molecule has 0 aliphatic heterocycles. The molecule has 5 rings (SSSR count). The Kier molecular flexibility index (Phi) is 4.86. The van der Waals surface area contributed by atoms with Crippen LogP contribution in [0.3, 0.4) is 0 Å². The van der Waals surface area contributed by atoms with Crippen LogP contribution in [0.1, 0.15) is 40.6 Å². The Labute approximate surface area is 179 Å². The summed E-state index contributed by atoms with van der Waals surface area (Å²) in [7, 11) is 0. The predicted molar refractivity (Wildman–Crippen MR) is 120 cm³/mol. The molecule has 1 aliphatic carbocycles. The van der Waals surface area contributed by atoms with Crippen molar-refractivity contribution in [3.05, 3.63) is 81.6 Å². The number of aryl methyl sites for hydroxylation is 2. The molecule has 0 amide bonds. The Morgan fingerprint density at radius 3 is 2.76 bits per heavy atom. The zero-order valence-electron chi connectivity index (χ0n) is 16.1. The molecular formula is C23H21ClN4S. The smallest absolute Gasteiger partial charge is 0.187 e. The van der Waals surface area contributed by atoms with Crippen molar-refractivity contribution in [2.45, 2.75) is 32.1 Å². The van der Waals surface area contributed by atoms with Gasteiger partial charge in [-0.2, -0.15) is 0 Å². The first-order chi connectivity index (χ1) is 14.2. The Hall–Kier alpha value is -2.63. The highest BCUT2D eigenvalue weighted by Crippen LogP contribution is 2.41. The van der Waals surface area contributed by atoms with Gasteiger partial charge in [0.05, 0.1) is 16.4 Å². The van der Waals surface area contributed by atoms with E-state index in [4.69, 9.17) is 16.6 Å². The van der Waals surface area contributed by atoms with Crippen LogP contribution in [0.25, 0.3) is 11.4 Å². The third-order valence-corrected chi connectivity index (χ3v) is 6.70. The van der Waals surface area contributed by atoms with E-state index in [-0.39, 0.29) is 0 Å². The van der Waals surface area contributed by atoms with Gasteiger partial charge < -0.3 is 10.3 Å². The number of thiazole rings is 1. The SMILES string of the molecule is Cc1c[nH]c(-c2ccc(Nc3nc4c(s3)CCCC4c3ccccc3)cc2Cl)n1. The number of imidazole rings is 1. The molecular weight excluding hydrogens is 400 g/mol. The van der Waals surface area contributed by atoms with Crippen LogP contribution in [-0.4, -0.2) is 15.0 Å². The lowest BCUT2D eigenvalue weighted by Crippen LogP contribution is -2.09. The van der Waals surface area contributed by atoms with Gasteiger partial charge in [0.25, 0.3) is 0 Å². The molecule has 146 valence electrons. The number of halogens is 1. The van der Waals surface area contributed by atoms with Crippen LogP contribution in [-0.2, 0) is 6.42 Å². The number of anilines is 2. The number of nitrogens with one attached hydrogen (secondary N) is 2. The number of fused-ring (bicyclic) bond motifs is 1. The summed E-state index contributed by atoms with van der Waals surface area (Å²) < 4.78 is 0. The highest BCUT2D eigenvalue weighted by atomic mass is 35.5. The molecule has 29 heavy (non-hydrogen) atoms. The standard InChI is InChI=1S/C23H21ClN4S/c1-14-13-25-22(26-14)18-11-10-16(12-19(18)24)27-23-28-21-17(8-5-9-20(21)29-23)15-6-3-2-4-7-15/h2-4,6-7,10-13,17H,5,8-9H2,1H3,(H,25,26)(H,27,28). The van der Waals surface area contributed by atoms with Crippen molar-refractivity contribution in [1.82, 2.24) is 15.0 Å². The minimum Gasteiger partial charge on any atom is -0.344 e. The van der Waals surface area contributed by atoms with Gasteiger partial charge in [-0.3, -0.25) is 0 Å². The predicted octanol–water partition coefficient (Wildman–Crippen LogP) is 6.71. The summed E-state index contributed by atoms with van der Waals surface area (Å²) in [5.74, 6) is 1.18. The van der Waals surface area contributed by atoms with Crippen molar-refractivity contribution in [2.24, 2.45) is 0 Å². The Morgan fingerprint density at radius 2 is 2.00 bits per heavy atom. The first-order valence-corrected chi connectivity index (χ1v) is 11.0. The molecule has 1 atom stereocenters. The van der Waals surface area contributed by atoms with Gasteiger partial charge in [-0.05, 0) is 49.9 Å². The minimum absolute atomic E-state index is 0.389. The molecule has 1 unspecified atom stereocenters. The van der Waals surface area contributed by atoms with Crippen molar-refractivity contribution in [3.63, 3.8) is 0 Å². The third kappa shape index (κ3) is 3.68. The van der Waals surface area contributed by atoms with Gasteiger partial charge in [0.2, 0.25) is 0 Å². The maximum absolute atomic E-state index is 6.53. The van der Waals surface area contributed by atoms with Crippen molar-refractivity contribution >= 4 is 33.8 Å². The molecule has 1 aliphatic rings. The Balaban J connectivity index is 1.41. The third-order valence-electron chi connectivity index (χ3n) is 5.34. The van der Waals surface area contributed by atoms with E-state index in [1.807, 2.05) is 31.3 Å². The number of aromatic nitrogens is 3. The fraction of sp³-hybridized carbons (Fsp3) is 0.217. The first-order valence-electron chi connectivity index (χ1n) is 9.81. The topological polar surface area (TPSA) is 53.6 Å². The van der Waals surface area contributed by atoms with Crippen molar-refractivity contribution < 1.29 is 0 Å². The second kappa shape index (κ2) is 7.65. The summed E-state index contributed by atoms with van der Waals surface area (Å²) in [5.41, 5.74) is 5.35. The second-order valence-corrected chi connectivity index (χ2v) is 8.88. The van der Waals surface area contributed by atoms with Gasteiger partial charge in [-0.15, -0.1) is 11.3 Å². The molecule has 2 heterocycles. The van der Waals surface area contributed by atoms with Crippen LogP contribution in [0.5, 0.6) is 0 Å². The quantitative estimate of drug-likeness (QED) is 0.386. The first kappa shape index (κ1) is 18.4. The highest BCUT2D eigenvalue weighted by Gasteiger charge is 2.26. The van der Waals surface area contributed by atoms with Crippen LogP contribution >= 0.6 is 22.9 Å². The monoisotopic (exact) mass is 420 g/mol. The summed E-state index contributed by atoms with van der Waals surface area (Å²) in [6, 6.07) is 16.7. The summed E-state index contributed by atoms with van der Waals surface area (Å²) in [6.45, 7) is 1.96. The number of benzene rings is 2. The number of H-pyrrole nitrogens is 1. The van der Waals surface area contributed by atoms with Crippen LogP contribution in [0.15, 0.2) is 54.7 Å². The summed E-state index contributed by atoms with van der Waals surface area (Å²) in [5, 5.41) is 5.04. The Bertz CT molecular complexity index is 1150. The molecule has 0 radical (unpaired) electrons. The lowest BCUT2D eigenvalue weighted by molar-refractivity contribution is 0.610. The van der Waals surface area contributed by atoms with E-state index in [0.717, 1.165) is 40.7 Å². The average Bonchev–Trinajstić information content (AvgIpc) is 3.34. The molecule has 0 spiro atoms. The van der Waals surface area contributed by atoms with Crippen LogP contribution in [0, 0.1) is 6.92 Å². The normalized spacial score (nSPS) is 15.9. The molecule has 4 aromatic rings. The van der Waals surface area contributed by atoms with Gasteiger partial charge in [0.15, 0.2) is 5.13 Å². The number of aromatic amines is 1. The Morgan fingerprint density at radius 1 is 1.14 bits per heavy atom. The number of hydrogen-bond donors (Lipinski definition) is 2. The van der Waals surface area contributed by atoms with E-state index in [2.05, 4.69) is 45.6 Å². The van der Waals surface area contributed by atoms with E-state index >= 15 is 0 Å². The second-order valence-electron chi connectivity index (χ2n) is 7.39. The van der Waals surface area contributed by atoms with Gasteiger partial charge >= 0.3 is 0 Å². The van der Waals surface area contributed by atoms with Crippen molar-refractivity contribution in [2.75, 3.05) is 5.32 Å². The van der Waals surface area contributed by atoms with Gasteiger partial charge in [-0.1, -0.05) is 41.9 Å². The fourth-order valence-electron chi connectivity index (χ4n) is 3.94. The van der Waals surface area contributed by atoms with Gasteiger partial charge in [0, 0.05) is 28.2 Å². The zero-order valence-corrected chi connectivity index (χ0v) is 17.6. The lowest BCUT2D eigenvalue weighted by Gasteiger charge is -2.21. The minimum atomic E-state index is 0.389. The van der Waals surface area contributed by atoms with Gasteiger partial charge in [0.1, 0.15) is 5.82 Å². The summed E-state index contributed by atoms with van der Waals surface area (Å²) in [6.07, 6.45) is 5.34. The number of rotatable bonds is 4. The summed E-state index contributed by atoms with van der Waals surface area (Å²) in [4.78, 5) is 14.0. The molecule has 0 bridgehead atoms. The molecule has 4 nitrogen and oxygen atoms in total. The van der Waals surface area contributed by atoms with Crippen molar-refractivity contribution in [3.8, 4) is 11.4 Å². The van der Waals surface area contributed by atoms with Crippen LogP contribution in [0.4, 0.5) is 10.8 Å². The molecule has 6 heteroatoms. The molecule has 2 aromatic carbocycles. The number of nitrogens with zero attached hydrogens (tertiary/aromatic N) is 2. The summed E-state index contributed by atoms with van der Waals surface area (Å²) >= 11 is 8.28. The number of hydrogen-bond acceptors (Lipinski definition) is 4. The molecule has 2 N–H and O–H groups in total. The van der Waals surface area contributed by atoms with E-state index in [1.165, 1.54) is 22.6 Å². The van der Waals surface area contributed by atoms with E-state index < -0.39 is 0 Å². The fourth-order valence-corrected chi connectivity index (χ4v) is 5.30. The van der Waals surface area contributed by atoms with E-state index in [0.29, 0.717) is 10.9 Å². The van der Waals surface area contributed by atoms with Gasteiger partial charge in [-0.25, -0.2) is 9.97 Å². The maximum atomic E-state index is 6.53. The average molecular weight is 421 g/mol. The molecule has 0 saturated carbocycles. The molecule has 2 aromatic heterocycles. The van der Waals surface area contributed by atoms with E-state index in [1.54, 1.807) is 11.3 Å².